The van der Waals surface area contributed by atoms with Crippen LogP contribution in [-0.2, 0) is 10.0 Å². The number of carbonyl (C=O) groups is 1. The van der Waals surface area contributed by atoms with Gasteiger partial charge in [-0.05, 0) is 31.2 Å². The van der Waals surface area contributed by atoms with E-state index in [9.17, 15) is 13.2 Å². The fourth-order valence-corrected chi connectivity index (χ4v) is 4.81. The first-order valence-electron chi connectivity index (χ1n) is 8.91. The van der Waals surface area contributed by atoms with Gasteiger partial charge in [-0.1, -0.05) is 18.2 Å². The van der Waals surface area contributed by atoms with E-state index < -0.39 is 10.0 Å². The van der Waals surface area contributed by atoms with Crippen molar-refractivity contribution in [1.29, 1.82) is 0 Å². The van der Waals surface area contributed by atoms with Crippen LogP contribution in [0.1, 0.15) is 16.2 Å². The van der Waals surface area contributed by atoms with Gasteiger partial charge in [0, 0.05) is 26.2 Å². The van der Waals surface area contributed by atoms with E-state index in [0.29, 0.717) is 18.8 Å². The van der Waals surface area contributed by atoms with E-state index in [4.69, 9.17) is 4.42 Å². The van der Waals surface area contributed by atoms with Gasteiger partial charge in [0.25, 0.3) is 5.91 Å². The molecule has 0 aliphatic carbocycles. The lowest BCUT2D eigenvalue weighted by Gasteiger charge is -2.33. The molecule has 0 unspecified atom stereocenters. The number of piperazine rings is 1. The molecule has 0 saturated carbocycles. The van der Waals surface area contributed by atoms with Crippen LogP contribution >= 0.6 is 0 Å². The van der Waals surface area contributed by atoms with Crippen LogP contribution in [0.3, 0.4) is 0 Å². The highest BCUT2D eigenvalue weighted by Gasteiger charge is 2.33. The number of rotatable bonds is 4. The van der Waals surface area contributed by atoms with E-state index in [0.717, 1.165) is 5.69 Å². The standard InChI is InChI=1S/C19H20N4O4S/c1-15-18(14-23(20-15)16-6-3-2-4-7-16)28(25,26)22-11-9-21(10-12-22)19(24)17-8-5-13-27-17/h2-8,13-14H,9-12H2,1H3. The minimum atomic E-state index is -3.69. The number of carbonyl (C=O) groups excluding carboxylic acids is 1. The molecule has 9 heteroatoms. The van der Waals surface area contributed by atoms with Gasteiger partial charge >= 0.3 is 0 Å². The fourth-order valence-electron chi connectivity index (χ4n) is 3.24. The van der Waals surface area contributed by atoms with Crippen molar-refractivity contribution in [3.8, 4) is 5.69 Å². The summed E-state index contributed by atoms with van der Waals surface area (Å²) >= 11 is 0. The molecule has 0 atom stereocenters. The summed E-state index contributed by atoms with van der Waals surface area (Å²) in [7, 11) is -3.69. The number of nitrogens with zero attached hydrogens (tertiary/aromatic N) is 4. The molecule has 0 radical (unpaired) electrons. The summed E-state index contributed by atoms with van der Waals surface area (Å²) < 4.78 is 34.3. The number of aromatic nitrogens is 2. The highest BCUT2D eigenvalue weighted by Crippen LogP contribution is 2.22. The number of hydrogen-bond acceptors (Lipinski definition) is 5. The molecule has 0 spiro atoms. The quantitative estimate of drug-likeness (QED) is 0.668. The number of para-hydroxylation sites is 1. The Kier molecular flexibility index (Phi) is 4.78. The Balaban J connectivity index is 1.51. The lowest BCUT2D eigenvalue weighted by molar-refractivity contribution is 0.0666. The third-order valence-corrected chi connectivity index (χ3v) is 6.75. The zero-order valence-corrected chi connectivity index (χ0v) is 16.2. The normalized spacial score (nSPS) is 15.7. The maximum Gasteiger partial charge on any atom is 0.289 e. The number of aryl methyl sites for hydroxylation is 1. The van der Waals surface area contributed by atoms with Crippen LogP contribution in [0, 0.1) is 6.92 Å². The lowest BCUT2D eigenvalue weighted by Crippen LogP contribution is -2.50. The van der Waals surface area contributed by atoms with E-state index in [1.54, 1.807) is 34.8 Å². The molecule has 2 aromatic heterocycles. The number of sulfonamides is 1. The molecule has 0 bridgehead atoms. The predicted molar refractivity (Wildman–Crippen MR) is 102 cm³/mol. The summed E-state index contributed by atoms with van der Waals surface area (Å²) in [5.74, 6) is 0.0337. The minimum Gasteiger partial charge on any atom is -0.459 e. The molecular weight excluding hydrogens is 380 g/mol. The van der Waals surface area contributed by atoms with Gasteiger partial charge in [0.1, 0.15) is 4.90 Å². The molecule has 8 nitrogen and oxygen atoms in total. The van der Waals surface area contributed by atoms with Crippen molar-refractivity contribution >= 4 is 15.9 Å². The van der Waals surface area contributed by atoms with E-state index >= 15 is 0 Å². The summed E-state index contributed by atoms with van der Waals surface area (Å²) in [5, 5.41) is 4.35. The summed E-state index contributed by atoms with van der Waals surface area (Å²) in [6.45, 7) is 2.76. The third kappa shape index (κ3) is 3.34. The van der Waals surface area contributed by atoms with Crippen LogP contribution in [-0.4, -0.2) is 59.5 Å². The molecule has 1 aliphatic heterocycles. The summed E-state index contributed by atoms with van der Waals surface area (Å²) in [4.78, 5) is 14.1. The average molecular weight is 400 g/mol. The van der Waals surface area contributed by atoms with Gasteiger partial charge in [-0.3, -0.25) is 4.79 Å². The van der Waals surface area contributed by atoms with Crippen molar-refractivity contribution in [3.05, 3.63) is 66.4 Å². The smallest absolute Gasteiger partial charge is 0.289 e. The van der Waals surface area contributed by atoms with Gasteiger partial charge in [-0.15, -0.1) is 0 Å². The van der Waals surface area contributed by atoms with Gasteiger partial charge in [0.15, 0.2) is 5.76 Å². The first kappa shape index (κ1) is 18.5. The molecule has 1 fully saturated rings. The van der Waals surface area contributed by atoms with E-state index in [1.165, 1.54) is 10.6 Å². The van der Waals surface area contributed by atoms with Gasteiger partial charge in [0.05, 0.1) is 23.8 Å². The first-order chi connectivity index (χ1) is 13.5. The Labute approximate surface area is 163 Å². The van der Waals surface area contributed by atoms with Crippen molar-refractivity contribution in [2.24, 2.45) is 0 Å². The molecule has 3 aromatic rings. The SMILES string of the molecule is Cc1nn(-c2ccccc2)cc1S(=O)(=O)N1CCN(C(=O)c2ccco2)CC1. The Morgan fingerprint density at radius 2 is 1.75 bits per heavy atom. The zero-order chi connectivity index (χ0) is 19.7. The Morgan fingerprint density at radius 3 is 2.39 bits per heavy atom. The number of furan rings is 1. The molecule has 0 N–H and O–H groups in total. The number of benzene rings is 1. The molecule has 1 saturated heterocycles. The molecular formula is C19H20N4O4S. The average Bonchev–Trinajstić information content (AvgIpc) is 3.38. The summed E-state index contributed by atoms with van der Waals surface area (Å²) in [5.41, 5.74) is 1.24. The monoisotopic (exact) mass is 400 g/mol. The van der Waals surface area contributed by atoms with Gasteiger partial charge < -0.3 is 9.32 Å². The van der Waals surface area contributed by atoms with Crippen LogP contribution < -0.4 is 0 Å². The Bertz CT molecular complexity index is 1070. The van der Waals surface area contributed by atoms with Crippen molar-refractivity contribution in [2.75, 3.05) is 26.2 Å². The molecule has 146 valence electrons. The maximum absolute atomic E-state index is 13.1. The van der Waals surface area contributed by atoms with Crippen molar-refractivity contribution < 1.29 is 17.6 Å². The van der Waals surface area contributed by atoms with Crippen LogP contribution in [0.4, 0.5) is 0 Å². The molecule has 28 heavy (non-hydrogen) atoms. The Hall–Kier alpha value is -2.91. The summed E-state index contributed by atoms with van der Waals surface area (Å²) in [6, 6.07) is 12.6. The summed E-state index contributed by atoms with van der Waals surface area (Å²) in [6.07, 6.45) is 2.99. The van der Waals surface area contributed by atoms with E-state index in [-0.39, 0.29) is 29.7 Å². The van der Waals surface area contributed by atoms with Crippen LogP contribution in [0.15, 0.2) is 64.2 Å². The van der Waals surface area contributed by atoms with Crippen molar-refractivity contribution in [3.63, 3.8) is 0 Å². The van der Waals surface area contributed by atoms with E-state index in [1.807, 2.05) is 30.3 Å². The number of amides is 1. The fraction of sp³-hybridized carbons (Fsp3) is 0.263. The second kappa shape index (κ2) is 7.25. The first-order valence-corrected chi connectivity index (χ1v) is 10.4. The van der Waals surface area contributed by atoms with Gasteiger partial charge in [-0.25, -0.2) is 13.1 Å². The largest absolute Gasteiger partial charge is 0.459 e. The molecule has 1 aliphatic rings. The van der Waals surface area contributed by atoms with E-state index in [2.05, 4.69) is 5.10 Å². The highest BCUT2D eigenvalue weighted by atomic mass is 32.2. The maximum atomic E-state index is 13.1. The van der Waals surface area contributed by atoms with Gasteiger partial charge in [0.2, 0.25) is 10.0 Å². The number of hydrogen-bond donors (Lipinski definition) is 0. The Morgan fingerprint density at radius 1 is 1.04 bits per heavy atom. The predicted octanol–water partition coefficient (Wildman–Crippen LogP) is 1.92. The zero-order valence-electron chi connectivity index (χ0n) is 15.4. The lowest BCUT2D eigenvalue weighted by atomic mass is 10.3. The molecule has 1 aromatic carbocycles. The van der Waals surface area contributed by atoms with Gasteiger partial charge in [-0.2, -0.15) is 9.40 Å². The van der Waals surface area contributed by atoms with Crippen LogP contribution in [0.25, 0.3) is 5.69 Å². The molecule has 3 heterocycles. The van der Waals surface area contributed by atoms with Crippen LogP contribution in [0.5, 0.6) is 0 Å². The highest BCUT2D eigenvalue weighted by molar-refractivity contribution is 7.89. The second-order valence-electron chi connectivity index (χ2n) is 6.53. The second-order valence-corrected chi connectivity index (χ2v) is 8.44. The molecule has 4 rings (SSSR count). The van der Waals surface area contributed by atoms with Crippen molar-refractivity contribution in [2.45, 2.75) is 11.8 Å². The minimum absolute atomic E-state index is 0.183. The molecule has 1 amide bonds. The van der Waals surface area contributed by atoms with Crippen LogP contribution in [0.2, 0.25) is 0 Å². The van der Waals surface area contributed by atoms with Crippen molar-refractivity contribution in [1.82, 2.24) is 19.0 Å². The topological polar surface area (TPSA) is 88.7 Å². The third-order valence-electron chi connectivity index (χ3n) is 4.75.